The van der Waals surface area contributed by atoms with Gasteiger partial charge in [0.05, 0.1) is 11.6 Å². The van der Waals surface area contributed by atoms with E-state index in [1.54, 1.807) is 6.07 Å². The van der Waals surface area contributed by atoms with Crippen molar-refractivity contribution in [2.24, 2.45) is 0 Å². The smallest absolute Gasteiger partial charge is 0.192 e. The zero-order valence-electron chi connectivity index (χ0n) is 11.0. The third kappa shape index (κ3) is 2.34. The Balaban J connectivity index is 1.81. The van der Waals surface area contributed by atoms with Crippen molar-refractivity contribution in [2.75, 3.05) is 0 Å². The number of aromatic nitrogens is 1. The number of nitrogens with zero attached hydrogens (tertiary/aromatic N) is 2. The van der Waals surface area contributed by atoms with Crippen molar-refractivity contribution in [3.05, 3.63) is 59.5 Å². The van der Waals surface area contributed by atoms with Crippen LogP contribution in [0.3, 0.4) is 0 Å². The van der Waals surface area contributed by atoms with E-state index in [-0.39, 0.29) is 0 Å². The summed E-state index contributed by atoms with van der Waals surface area (Å²) in [4.78, 5) is 4.26. The number of hydrogen-bond acceptors (Lipinski definition) is 4. The van der Waals surface area contributed by atoms with Crippen LogP contribution in [0.25, 0.3) is 11.1 Å². The predicted molar refractivity (Wildman–Crippen MR) is 74.2 cm³/mol. The highest BCUT2D eigenvalue weighted by atomic mass is 16.5. The molecular formula is C16H12N2O2. The Kier molecular flexibility index (Phi) is 3.10. The van der Waals surface area contributed by atoms with Crippen LogP contribution in [0, 0.1) is 18.3 Å². The number of oxazole rings is 1. The molecule has 20 heavy (non-hydrogen) atoms. The molecule has 0 fully saturated rings. The number of ether oxygens (including phenoxy) is 1. The van der Waals surface area contributed by atoms with E-state index < -0.39 is 0 Å². The number of nitriles is 1. The summed E-state index contributed by atoms with van der Waals surface area (Å²) in [6, 6.07) is 15.1. The topological polar surface area (TPSA) is 59.0 Å². The van der Waals surface area contributed by atoms with Gasteiger partial charge in [-0.3, -0.25) is 0 Å². The van der Waals surface area contributed by atoms with Gasteiger partial charge in [0.1, 0.15) is 17.9 Å². The molecule has 0 N–H and O–H groups in total. The lowest BCUT2D eigenvalue weighted by Gasteiger charge is -2.07. The summed E-state index contributed by atoms with van der Waals surface area (Å²) in [6.45, 7) is 2.16. The molecule has 2 aromatic carbocycles. The molecule has 3 rings (SSSR count). The first-order valence-electron chi connectivity index (χ1n) is 6.24. The summed E-state index contributed by atoms with van der Waals surface area (Å²) in [5.74, 6) is 1.34. The largest absolute Gasteiger partial charge is 0.489 e. The molecule has 1 heterocycles. The third-order valence-corrected chi connectivity index (χ3v) is 3.00. The van der Waals surface area contributed by atoms with Gasteiger partial charge >= 0.3 is 0 Å². The van der Waals surface area contributed by atoms with E-state index >= 15 is 0 Å². The highest BCUT2D eigenvalue weighted by Crippen LogP contribution is 2.22. The van der Waals surface area contributed by atoms with E-state index in [4.69, 9.17) is 14.4 Å². The maximum Gasteiger partial charge on any atom is 0.192 e. The molecule has 0 spiro atoms. The van der Waals surface area contributed by atoms with Gasteiger partial charge < -0.3 is 9.15 Å². The molecule has 4 nitrogen and oxygen atoms in total. The van der Waals surface area contributed by atoms with E-state index in [2.05, 4.69) is 11.1 Å². The Morgan fingerprint density at radius 1 is 1.25 bits per heavy atom. The van der Waals surface area contributed by atoms with Crippen LogP contribution in [-0.4, -0.2) is 4.98 Å². The lowest BCUT2D eigenvalue weighted by atomic mass is 10.1. The fourth-order valence-electron chi connectivity index (χ4n) is 2.03. The summed E-state index contributed by atoms with van der Waals surface area (Å²) in [5, 5.41) is 9.03. The van der Waals surface area contributed by atoms with Gasteiger partial charge in [-0.25, -0.2) is 4.98 Å². The van der Waals surface area contributed by atoms with E-state index in [0.29, 0.717) is 23.8 Å². The Bertz CT molecular complexity index is 800. The standard InChI is InChI=1S/C16H12N2O2/c1-11-18-15-8-14(6-7-16(15)20-11)19-10-13-5-3-2-4-12(13)9-17/h2-8H,10H2,1H3. The third-order valence-electron chi connectivity index (χ3n) is 3.00. The van der Waals surface area contributed by atoms with Gasteiger partial charge in [0, 0.05) is 18.6 Å². The van der Waals surface area contributed by atoms with Crippen molar-refractivity contribution in [1.29, 1.82) is 5.26 Å². The Labute approximate surface area is 116 Å². The SMILES string of the molecule is Cc1nc2cc(OCc3ccccc3C#N)ccc2o1. The van der Waals surface area contributed by atoms with Gasteiger partial charge in [0.15, 0.2) is 11.5 Å². The van der Waals surface area contributed by atoms with Crippen molar-refractivity contribution >= 4 is 11.1 Å². The fourth-order valence-corrected chi connectivity index (χ4v) is 2.03. The molecule has 0 atom stereocenters. The number of benzene rings is 2. The zero-order valence-corrected chi connectivity index (χ0v) is 11.0. The first-order valence-corrected chi connectivity index (χ1v) is 6.24. The Morgan fingerprint density at radius 3 is 2.95 bits per heavy atom. The molecule has 0 unspecified atom stereocenters. The molecule has 0 saturated carbocycles. The van der Waals surface area contributed by atoms with Crippen LogP contribution in [0.2, 0.25) is 0 Å². The second-order valence-corrected chi connectivity index (χ2v) is 4.42. The quantitative estimate of drug-likeness (QED) is 0.725. The van der Waals surface area contributed by atoms with Crippen molar-refractivity contribution in [3.63, 3.8) is 0 Å². The van der Waals surface area contributed by atoms with E-state index in [1.807, 2.05) is 43.3 Å². The second kappa shape index (κ2) is 5.06. The van der Waals surface area contributed by atoms with Crippen molar-refractivity contribution in [1.82, 2.24) is 4.98 Å². The van der Waals surface area contributed by atoms with E-state index in [9.17, 15) is 0 Å². The molecule has 0 aliphatic heterocycles. The Morgan fingerprint density at radius 2 is 2.10 bits per heavy atom. The first kappa shape index (κ1) is 12.2. The van der Waals surface area contributed by atoms with Gasteiger partial charge in [-0.15, -0.1) is 0 Å². The number of hydrogen-bond donors (Lipinski definition) is 0. The maximum absolute atomic E-state index is 9.03. The molecular weight excluding hydrogens is 252 g/mol. The van der Waals surface area contributed by atoms with Crippen LogP contribution in [0.1, 0.15) is 17.0 Å². The zero-order chi connectivity index (χ0) is 13.9. The monoisotopic (exact) mass is 264 g/mol. The molecule has 0 amide bonds. The minimum absolute atomic E-state index is 0.353. The van der Waals surface area contributed by atoms with Crippen LogP contribution >= 0.6 is 0 Å². The minimum Gasteiger partial charge on any atom is -0.489 e. The summed E-state index contributed by atoms with van der Waals surface area (Å²) in [7, 11) is 0. The summed E-state index contributed by atoms with van der Waals surface area (Å²) in [5.41, 5.74) is 3.01. The van der Waals surface area contributed by atoms with Crippen molar-refractivity contribution in [2.45, 2.75) is 13.5 Å². The Hall–Kier alpha value is -2.80. The molecule has 0 bridgehead atoms. The van der Waals surface area contributed by atoms with Crippen molar-refractivity contribution in [3.8, 4) is 11.8 Å². The molecule has 0 saturated heterocycles. The van der Waals surface area contributed by atoms with Gasteiger partial charge in [0.25, 0.3) is 0 Å². The van der Waals surface area contributed by atoms with E-state index in [0.717, 1.165) is 16.7 Å². The van der Waals surface area contributed by atoms with Gasteiger partial charge in [0.2, 0.25) is 0 Å². The van der Waals surface area contributed by atoms with E-state index in [1.165, 1.54) is 0 Å². The van der Waals surface area contributed by atoms with Gasteiger partial charge in [-0.1, -0.05) is 18.2 Å². The minimum atomic E-state index is 0.353. The summed E-state index contributed by atoms with van der Waals surface area (Å²) >= 11 is 0. The molecule has 98 valence electrons. The average molecular weight is 264 g/mol. The molecule has 1 aromatic heterocycles. The number of fused-ring (bicyclic) bond motifs is 1. The van der Waals surface area contributed by atoms with Crippen LogP contribution < -0.4 is 4.74 Å². The highest BCUT2D eigenvalue weighted by Gasteiger charge is 2.05. The molecule has 0 aliphatic carbocycles. The van der Waals surface area contributed by atoms with Crippen LogP contribution in [-0.2, 0) is 6.61 Å². The molecule has 0 aliphatic rings. The molecule has 4 heteroatoms. The number of rotatable bonds is 3. The lowest BCUT2D eigenvalue weighted by molar-refractivity contribution is 0.306. The maximum atomic E-state index is 9.03. The van der Waals surface area contributed by atoms with Crippen LogP contribution in [0.15, 0.2) is 46.9 Å². The van der Waals surface area contributed by atoms with Gasteiger partial charge in [-0.2, -0.15) is 5.26 Å². The van der Waals surface area contributed by atoms with Gasteiger partial charge in [-0.05, 0) is 18.2 Å². The number of aryl methyl sites for hydroxylation is 1. The lowest BCUT2D eigenvalue weighted by Crippen LogP contribution is -1.97. The molecule has 0 radical (unpaired) electrons. The fraction of sp³-hybridized carbons (Fsp3) is 0.125. The summed E-state index contributed by atoms with van der Waals surface area (Å²) in [6.07, 6.45) is 0. The highest BCUT2D eigenvalue weighted by molar-refractivity contribution is 5.74. The van der Waals surface area contributed by atoms with Crippen LogP contribution in [0.5, 0.6) is 5.75 Å². The second-order valence-electron chi connectivity index (χ2n) is 4.42. The molecule has 3 aromatic rings. The van der Waals surface area contributed by atoms with Crippen molar-refractivity contribution < 1.29 is 9.15 Å². The van der Waals surface area contributed by atoms with Crippen LogP contribution in [0.4, 0.5) is 0 Å². The first-order chi connectivity index (χ1) is 9.76. The predicted octanol–water partition coefficient (Wildman–Crippen LogP) is 3.59. The normalized spacial score (nSPS) is 10.4. The average Bonchev–Trinajstić information content (AvgIpc) is 2.84. The summed E-state index contributed by atoms with van der Waals surface area (Å²) < 4.78 is 11.1.